The van der Waals surface area contributed by atoms with Gasteiger partial charge < -0.3 is 15.5 Å². The third-order valence-corrected chi connectivity index (χ3v) is 6.49. The van der Waals surface area contributed by atoms with Crippen LogP contribution in [0.25, 0.3) is 5.69 Å². The van der Waals surface area contributed by atoms with Gasteiger partial charge in [-0.15, -0.1) is 0 Å². The van der Waals surface area contributed by atoms with Crippen molar-refractivity contribution in [2.75, 3.05) is 13.1 Å². The predicted molar refractivity (Wildman–Crippen MR) is 117 cm³/mol. The number of rotatable bonds is 4. The minimum Gasteiger partial charge on any atom is -0.352 e. The van der Waals surface area contributed by atoms with Crippen LogP contribution in [0.4, 0.5) is 18.0 Å². The van der Waals surface area contributed by atoms with Crippen LogP contribution in [0.1, 0.15) is 35.6 Å². The molecule has 10 heteroatoms. The predicted octanol–water partition coefficient (Wildman–Crippen LogP) is 3.36. The van der Waals surface area contributed by atoms with Crippen LogP contribution in [-0.2, 0) is 4.79 Å². The average molecular weight is 469 g/mol. The SMILES string of the molecule is Cc1c(F)ccc(C(NC(=O)N2CCNC(=O)C23CC3)c2cnn(-c3ccc(F)cc3)c2)c1F. The third kappa shape index (κ3) is 3.68. The van der Waals surface area contributed by atoms with Crippen molar-refractivity contribution in [3.8, 4) is 5.69 Å². The van der Waals surface area contributed by atoms with Gasteiger partial charge >= 0.3 is 6.03 Å². The number of piperazine rings is 1. The van der Waals surface area contributed by atoms with Crippen molar-refractivity contribution >= 4 is 11.9 Å². The fourth-order valence-electron chi connectivity index (χ4n) is 4.36. The number of carbonyl (C=O) groups excluding carboxylic acids is 2. The van der Waals surface area contributed by atoms with Crippen LogP contribution < -0.4 is 10.6 Å². The molecule has 0 bridgehead atoms. The average Bonchev–Trinajstić information content (AvgIpc) is 3.46. The number of amides is 3. The Bertz CT molecular complexity index is 1270. The maximum absolute atomic E-state index is 15.2. The summed E-state index contributed by atoms with van der Waals surface area (Å²) in [5, 5.41) is 9.88. The van der Waals surface area contributed by atoms with Gasteiger partial charge in [-0.05, 0) is 50.1 Å². The number of halogens is 3. The van der Waals surface area contributed by atoms with Gasteiger partial charge in [0.2, 0.25) is 5.91 Å². The first-order valence-electron chi connectivity index (χ1n) is 10.9. The second-order valence-corrected chi connectivity index (χ2v) is 8.59. The molecule has 176 valence electrons. The highest BCUT2D eigenvalue weighted by atomic mass is 19.1. The van der Waals surface area contributed by atoms with Crippen LogP contribution in [-0.4, -0.2) is 45.2 Å². The summed E-state index contributed by atoms with van der Waals surface area (Å²) < 4.78 is 43.9. The van der Waals surface area contributed by atoms with Crippen molar-refractivity contribution in [2.24, 2.45) is 0 Å². The standard InChI is InChI=1S/C24H22F3N5O2/c1-14-19(26)7-6-18(20(14)27)21(15-12-29-32(13-15)17-4-2-16(25)3-5-17)30-23(34)31-11-10-28-22(33)24(31)8-9-24/h2-7,12-13,21H,8-11H2,1H3,(H,28,33)(H,30,34). The summed E-state index contributed by atoms with van der Waals surface area (Å²) >= 11 is 0. The van der Waals surface area contributed by atoms with Gasteiger partial charge in [0, 0.05) is 36.0 Å². The van der Waals surface area contributed by atoms with Crippen molar-refractivity contribution in [3.63, 3.8) is 0 Å². The lowest BCUT2D eigenvalue weighted by Gasteiger charge is -2.36. The van der Waals surface area contributed by atoms with Gasteiger partial charge in [0.15, 0.2) is 0 Å². The van der Waals surface area contributed by atoms with Gasteiger partial charge in [0.05, 0.1) is 17.9 Å². The van der Waals surface area contributed by atoms with Crippen LogP contribution in [0.15, 0.2) is 48.8 Å². The molecule has 2 fully saturated rings. The van der Waals surface area contributed by atoms with Gasteiger partial charge in [-0.3, -0.25) is 4.79 Å². The Morgan fingerprint density at radius 3 is 2.59 bits per heavy atom. The zero-order valence-corrected chi connectivity index (χ0v) is 18.3. The summed E-state index contributed by atoms with van der Waals surface area (Å²) in [7, 11) is 0. The van der Waals surface area contributed by atoms with Crippen molar-refractivity contribution in [2.45, 2.75) is 31.3 Å². The Morgan fingerprint density at radius 1 is 1.15 bits per heavy atom. The van der Waals surface area contributed by atoms with Gasteiger partial charge in [-0.1, -0.05) is 6.07 Å². The Hall–Kier alpha value is -3.82. The number of nitrogens with zero attached hydrogens (tertiary/aromatic N) is 3. The molecule has 34 heavy (non-hydrogen) atoms. The molecule has 1 atom stereocenters. The lowest BCUT2D eigenvalue weighted by atomic mass is 9.98. The van der Waals surface area contributed by atoms with Crippen LogP contribution in [0.5, 0.6) is 0 Å². The molecule has 2 aromatic carbocycles. The molecule has 1 aliphatic carbocycles. The molecular weight excluding hydrogens is 447 g/mol. The van der Waals surface area contributed by atoms with E-state index in [0.717, 1.165) is 6.07 Å². The highest BCUT2D eigenvalue weighted by molar-refractivity contribution is 5.95. The van der Waals surface area contributed by atoms with E-state index in [1.165, 1.54) is 53.0 Å². The van der Waals surface area contributed by atoms with E-state index in [1.54, 1.807) is 6.20 Å². The number of urea groups is 1. The first-order valence-corrected chi connectivity index (χ1v) is 10.9. The highest BCUT2D eigenvalue weighted by Crippen LogP contribution is 2.43. The fourth-order valence-corrected chi connectivity index (χ4v) is 4.36. The van der Waals surface area contributed by atoms with E-state index in [-0.39, 0.29) is 17.0 Å². The van der Waals surface area contributed by atoms with E-state index in [4.69, 9.17) is 0 Å². The molecule has 3 aromatic rings. The number of hydrogen-bond acceptors (Lipinski definition) is 3. The molecule has 2 N–H and O–H groups in total. The van der Waals surface area contributed by atoms with Crippen LogP contribution in [0, 0.1) is 24.4 Å². The topological polar surface area (TPSA) is 79.3 Å². The van der Waals surface area contributed by atoms with E-state index >= 15 is 4.39 Å². The van der Waals surface area contributed by atoms with E-state index in [9.17, 15) is 18.4 Å². The molecular formula is C24H22F3N5O2. The monoisotopic (exact) mass is 469 g/mol. The van der Waals surface area contributed by atoms with Gasteiger partial charge in [0.1, 0.15) is 23.0 Å². The van der Waals surface area contributed by atoms with E-state index < -0.39 is 35.1 Å². The largest absolute Gasteiger partial charge is 0.352 e. The Balaban J connectivity index is 1.51. The van der Waals surface area contributed by atoms with Gasteiger partial charge in [-0.25, -0.2) is 22.6 Å². The highest BCUT2D eigenvalue weighted by Gasteiger charge is 2.58. The maximum Gasteiger partial charge on any atom is 0.319 e. The van der Waals surface area contributed by atoms with Crippen molar-refractivity contribution in [3.05, 3.63) is 82.9 Å². The minimum absolute atomic E-state index is 0.0669. The van der Waals surface area contributed by atoms with Crippen molar-refractivity contribution in [1.29, 1.82) is 0 Å². The van der Waals surface area contributed by atoms with Gasteiger partial charge in [0.25, 0.3) is 0 Å². The maximum atomic E-state index is 15.2. The number of carbonyl (C=O) groups is 2. The molecule has 1 saturated heterocycles. The molecule has 1 spiro atoms. The molecule has 1 unspecified atom stereocenters. The lowest BCUT2D eigenvalue weighted by Crippen LogP contribution is -2.61. The second kappa shape index (κ2) is 8.19. The molecule has 0 radical (unpaired) electrons. The smallest absolute Gasteiger partial charge is 0.319 e. The zero-order chi connectivity index (χ0) is 24.0. The number of hydrogen-bond donors (Lipinski definition) is 2. The first-order chi connectivity index (χ1) is 16.3. The molecule has 7 nitrogen and oxygen atoms in total. The quantitative estimate of drug-likeness (QED) is 0.615. The molecule has 3 amide bonds. The first kappa shape index (κ1) is 22.0. The summed E-state index contributed by atoms with van der Waals surface area (Å²) in [4.78, 5) is 27.2. The molecule has 5 rings (SSSR count). The van der Waals surface area contributed by atoms with E-state index in [1.807, 2.05) is 0 Å². The summed E-state index contributed by atoms with van der Waals surface area (Å²) in [5.74, 6) is -2.07. The molecule has 2 heterocycles. The van der Waals surface area contributed by atoms with Gasteiger partial charge in [-0.2, -0.15) is 5.10 Å². The second-order valence-electron chi connectivity index (χ2n) is 8.59. The minimum atomic E-state index is -0.998. The number of nitrogens with one attached hydrogen (secondary N) is 2. The molecule has 1 saturated carbocycles. The summed E-state index contributed by atoms with van der Waals surface area (Å²) in [6.45, 7) is 1.97. The summed E-state index contributed by atoms with van der Waals surface area (Å²) in [6, 6.07) is 6.55. The van der Waals surface area contributed by atoms with Crippen LogP contribution >= 0.6 is 0 Å². The van der Waals surface area contributed by atoms with Crippen LogP contribution in [0.3, 0.4) is 0 Å². The summed E-state index contributed by atoms with van der Waals surface area (Å²) in [6.07, 6.45) is 4.17. The molecule has 1 aliphatic heterocycles. The van der Waals surface area contributed by atoms with E-state index in [2.05, 4.69) is 15.7 Å². The van der Waals surface area contributed by atoms with Crippen molar-refractivity contribution < 1.29 is 22.8 Å². The Labute approximate surface area is 193 Å². The number of benzene rings is 2. The Morgan fingerprint density at radius 2 is 1.88 bits per heavy atom. The normalized spacial score (nSPS) is 17.4. The van der Waals surface area contributed by atoms with E-state index in [0.29, 0.717) is 37.2 Å². The fraction of sp³-hybridized carbons (Fsp3) is 0.292. The molecule has 2 aliphatic rings. The summed E-state index contributed by atoms with van der Waals surface area (Å²) in [5.41, 5.74) is 0.0329. The zero-order valence-electron chi connectivity index (χ0n) is 18.3. The third-order valence-electron chi connectivity index (χ3n) is 6.49. The molecule has 1 aromatic heterocycles. The van der Waals surface area contributed by atoms with Crippen molar-refractivity contribution in [1.82, 2.24) is 25.3 Å². The lowest BCUT2D eigenvalue weighted by molar-refractivity contribution is -0.129. The Kier molecular flexibility index (Phi) is 5.30. The number of aromatic nitrogens is 2. The van der Waals surface area contributed by atoms with Crippen LogP contribution in [0.2, 0.25) is 0 Å².